The van der Waals surface area contributed by atoms with Gasteiger partial charge in [0, 0.05) is 12.8 Å². The molecule has 0 N–H and O–H groups in total. The van der Waals surface area contributed by atoms with Gasteiger partial charge >= 0.3 is 5.97 Å². The van der Waals surface area contributed by atoms with Crippen LogP contribution >= 0.6 is 0 Å². The summed E-state index contributed by atoms with van der Waals surface area (Å²) < 4.78 is 4.60. The highest BCUT2D eigenvalue weighted by Gasteiger charge is 1.98. The number of unbranched alkanes of at least 4 members (excludes halogenated alkanes) is 6. The number of allylic oxidation sites excluding steroid dienone is 3. The minimum Gasteiger partial charge on any atom is -0.469 e. The number of methoxy groups -OCH3 is 1. The third kappa shape index (κ3) is 14.7. The van der Waals surface area contributed by atoms with Crippen LogP contribution in [0.4, 0.5) is 0 Å². The Balaban J connectivity index is 3.31. The zero-order chi connectivity index (χ0) is 15.8. The number of carbonyl (C=O) groups is 1. The largest absolute Gasteiger partial charge is 0.469 e. The third-order valence-corrected chi connectivity index (χ3v) is 3.37. The van der Waals surface area contributed by atoms with Crippen molar-refractivity contribution in [1.82, 2.24) is 0 Å². The Morgan fingerprint density at radius 1 is 1.10 bits per heavy atom. The number of hydrogen-bond donors (Lipinski definition) is 0. The number of esters is 1. The van der Waals surface area contributed by atoms with Crippen LogP contribution in [0.15, 0.2) is 24.3 Å². The minimum absolute atomic E-state index is 0.104. The second-order valence-corrected chi connectivity index (χ2v) is 5.32. The fourth-order valence-corrected chi connectivity index (χ4v) is 2.05. The molecule has 0 aromatic heterocycles. The highest BCUT2D eigenvalue weighted by atomic mass is 16.5. The Kier molecular flexibility index (Phi) is 13.7. The maximum atomic E-state index is 10.9. The molecule has 0 aromatic carbocycles. The number of nitrogens with zero attached hydrogens (tertiary/aromatic N) is 1. The first-order chi connectivity index (χ1) is 10.2. The fourth-order valence-electron chi connectivity index (χ4n) is 2.05. The van der Waals surface area contributed by atoms with E-state index in [1.165, 1.54) is 31.9 Å². The Hall–Kier alpha value is -1.56. The standard InChI is InChI=1S/C18H29NO2/c1-17(14-11-12-16-19)13-9-7-5-3-4-6-8-10-15-18(20)21-2/h7,9H,1,3-6,8,10-15H2,2H3/b9-7+. The normalized spacial score (nSPS) is 10.5. The van der Waals surface area contributed by atoms with E-state index >= 15 is 0 Å². The average Bonchev–Trinajstić information content (AvgIpc) is 2.49. The Morgan fingerprint density at radius 3 is 2.52 bits per heavy atom. The molecule has 0 aliphatic heterocycles. The van der Waals surface area contributed by atoms with E-state index in [0.717, 1.165) is 38.5 Å². The van der Waals surface area contributed by atoms with E-state index in [4.69, 9.17) is 5.26 Å². The molecule has 0 saturated carbocycles. The van der Waals surface area contributed by atoms with Crippen LogP contribution in [0.25, 0.3) is 0 Å². The summed E-state index contributed by atoms with van der Waals surface area (Å²) in [6.07, 6.45) is 15.2. The smallest absolute Gasteiger partial charge is 0.305 e. The maximum absolute atomic E-state index is 10.9. The van der Waals surface area contributed by atoms with Gasteiger partial charge in [0.25, 0.3) is 0 Å². The van der Waals surface area contributed by atoms with Crippen molar-refractivity contribution < 1.29 is 9.53 Å². The van der Waals surface area contributed by atoms with Crippen molar-refractivity contribution in [3.8, 4) is 6.07 Å². The summed E-state index contributed by atoms with van der Waals surface area (Å²) in [4.78, 5) is 10.9. The molecule has 21 heavy (non-hydrogen) atoms. The van der Waals surface area contributed by atoms with Gasteiger partial charge in [0.15, 0.2) is 0 Å². The number of hydrogen-bond acceptors (Lipinski definition) is 3. The number of ether oxygens (including phenoxy) is 1. The van der Waals surface area contributed by atoms with Gasteiger partial charge in [0.2, 0.25) is 0 Å². The van der Waals surface area contributed by atoms with Crippen LogP contribution in [0.1, 0.15) is 70.6 Å². The fraction of sp³-hybridized carbons (Fsp3) is 0.667. The quantitative estimate of drug-likeness (QED) is 0.270. The molecule has 0 fully saturated rings. The van der Waals surface area contributed by atoms with Crippen LogP contribution in [0.2, 0.25) is 0 Å². The molecule has 3 nitrogen and oxygen atoms in total. The number of carbonyl (C=O) groups excluding carboxylic acids is 1. The van der Waals surface area contributed by atoms with E-state index in [0.29, 0.717) is 12.8 Å². The molecule has 0 bridgehead atoms. The van der Waals surface area contributed by atoms with E-state index in [-0.39, 0.29) is 5.97 Å². The van der Waals surface area contributed by atoms with Crippen molar-refractivity contribution in [2.24, 2.45) is 0 Å². The monoisotopic (exact) mass is 291 g/mol. The molecular formula is C18H29NO2. The van der Waals surface area contributed by atoms with Gasteiger partial charge in [-0.2, -0.15) is 5.26 Å². The molecule has 0 atom stereocenters. The summed E-state index contributed by atoms with van der Waals surface area (Å²) in [5.74, 6) is -0.104. The van der Waals surface area contributed by atoms with Crippen molar-refractivity contribution in [2.75, 3.05) is 7.11 Å². The molecule has 3 heteroatoms. The van der Waals surface area contributed by atoms with Gasteiger partial charge < -0.3 is 4.74 Å². The van der Waals surface area contributed by atoms with Crippen LogP contribution in [0.3, 0.4) is 0 Å². The lowest BCUT2D eigenvalue weighted by Gasteiger charge is -2.01. The molecule has 0 aliphatic carbocycles. The Morgan fingerprint density at radius 2 is 1.81 bits per heavy atom. The van der Waals surface area contributed by atoms with Gasteiger partial charge in [-0.1, -0.05) is 43.6 Å². The molecule has 0 aliphatic rings. The summed E-state index contributed by atoms with van der Waals surface area (Å²) in [6, 6.07) is 2.15. The van der Waals surface area contributed by atoms with E-state index in [9.17, 15) is 4.79 Å². The zero-order valence-corrected chi connectivity index (χ0v) is 13.4. The van der Waals surface area contributed by atoms with Crippen molar-refractivity contribution in [1.29, 1.82) is 5.26 Å². The van der Waals surface area contributed by atoms with Crippen LogP contribution in [-0.2, 0) is 9.53 Å². The minimum atomic E-state index is -0.104. The third-order valence-electron chi connectivity index (χ3n) is 3.37. The van der Waals surface area contributed by atoms with Crippen LogP contribution in [0.5, 0.6) is 0 Å². The summed E-state index contributed by atoms with van der Waals surface area (Å²) in [5.41, 5.74) is 1.21. The van der Waals surface area contributed by atoms with Gasteiger partial charge in [0.1, 0.15) is 0 Å². The molecule has 0 amide bonds. The number of nitriles is 1. The van der Waals surface area contributed by atoms with Gasteiger partial charge in [-0.15, -0.1) is 0 Å². The lowest BCUT2D eigenvalue weighted by atomic mass is 10.1. The molecule has 0 radical (unpaired) electrons. The molecule has 0 spiro atoms. The molecular weight excluding hydrogens is 262 g/mol. The summed E-state index contributed by atoms with van der Waals surface area (Å²) >= 11 is 0. The van der Waals surface area contributed by atoms with Crippen LogP contribution in [0, 0.1) is 11.3 Å². The Labute approximate surface area is 129 Å². The van der Waals surface area contributed by atoms with Crippen molar-refractivity contribution in [2.45, 2.75) is 70.6 Å². The van der Waals surface area contributed by atoms with Gasteiger partial charge in [-0.3, -0.25) is 4.79 Å². The van der Waals surface area contributed by atoms with Gasteiger partial charge in [-0.05, 0) is 38.5 Å². The topological polar surface area (TPSA) is 50.1 Å². The van der Waals surface area contributed by atoms with E-state index in [1.54, 1.807) is 0 Å². The van der Waals surface area contributed by atoms with E-state index < -0.39 is 0 Å². The zero-order valence-electron chi connectivity index (χ0n) is 13.4. The molecule has 0 unspecified atom stereocenters. The first-order valence-corrected chi connectivity index (χ1v) is 7.96. The molecule has 118 valence electrons. The Bertz CT molecular complexity index is 353. The lowest BCUT2D eigenvalue weighted by molar-refractivity contribution is -0.140. The molecule has 0 heterocycles. The SMILES string of the molecule is C=C(C/C=C/CCCCCCCC(=O)OC)CCCC#N. The van der Waals surface area contributed by atoms with Crippen molar-refractivity contribution >= 4 is 5.97 Å². The van der Waals surface area contributed by atoms with Crippen LogP contribution < -0.4 is 0 Å². The maximum Gasteiger partial charge on any atom is 0.305 e. The predicted molar refractivity (Wildman–Crippen MR) is 86.7 cm³/mol. The first kappa shape index (κ1) is 19.4. The highest BCUT2D eigenvalue weighted by molar-refractivity contribution is 5.68. The second kappa shape index (κ2) is 14.8. The predicted octanol–water partition coefficient (Wildman–Crippen LogP) is 5.09. The van der Waals surface area contributed by atoms with Crippen molar-refractivity contribution in [3.05, 3.63) is 24.3 Å². The molecule has 0 aromatic rings. The lowest BCUT2D eigenvalue weighted by Crippen LogP contribution is -1.98. The average molecular weight is 291 g/mol. The van der Waals surface area contributed by atoms with Gasteiger partial charge in [-0.25, -0.2) is 0 Å². The molecule has 0 rings (SSSR count). The van der Waals surface area contributed by atoms with E-state index in [1.807, 2.05) is 0 Å². The summed E-state index contributed by atoms with van der Waals surface area (Å²) in [6.45, 7) is 4.02. The molecule has 0 saturated heterocycles. The number of rotatable bonds is 13. The summed E-state index contributed by atoms with van der Waals surface area (Å²) in [5, 5.41) is 8.45. The first-order valence-electron chi connectivity index (χ1n) is 7.96. The summed E-state index contributed by atoms with van der Waals surface area (Å²) in [7, 11) is 1.44. The van der Waals surface area contributed by atoms with E-state index in [2.05, 4.69) is 29.5 Å². The second-order valence-electron chi connectivity index (χ2n) is 5.32. The van der Waals surface area contributed by atoms with Crippen LogP contribution in [-0.4, -0.2) is 13.1 Å². The van der Waals surface area contributed by atoms with Crippen molar-refractivity contribution in [3.63, 3.8) is 0 Å². The van der Waals surface area contributed by atoms with Gasteiger partial charge in [0.05, 0.1) is 13.2 Å². The highest BCUT2D eigenvalue weighted by Crippen LogP contribution is 2.11.